The molecule has 0 fully saturated rings. The van der Waals surface area contributed by atoms with E-state index in [0.29, 0.717) is 6.54 Å². The highest BCUT2D eigenvalue weighted by Crippen LogP contribution is 2.26. The van der Waals surface area contributed by atoms with Crippen LogP contribution in [0, 0.1) is 0 Å². The van der Waals surface area contributed by atoms with E-state index in [4.69, 9.17) is 4.98 Å². The van der Waals surface area contributed by atoms with Gasteiger partial charge in [0.15, 0.2) is 11.5 Å². The Hall–Kier alpha value is -3.54. The van der Waals surface area contributed by atoms with Crippen molar-refractivity contribution in [3.63, 3.8) is 0 Å². The van der Waals surface area contributed by atoms with Gasteiger partial charge in [0.05, 0.1) is 6.54 Å². The average Bonchev–Trinajstić information content (AvgIpc) is 3.31. The van der Waals surface area contributed by atoms with E-state index in [2.05, 4.69) is 43.1 Å². The minimum absolute atomic E-state index is 0.616. The second-order valence-corrected chi connectivity index (χ2v) is 6.38. The molecule has 0 saturated heterocycles. The van der Waals surface area contributed by atoms with Gasteiger partial charge in [0, 0.05) is 36.7 Å². The van der Waals surface area contributed by atoms with Crippen molar-refractivity contribution in [1.82, 2.24) is 29.1 Å². The van der Waals surface area contributed by atoms with Gasteiger partial charge in [-0.3, -0.25) is 4.98 Å². The number of pyridine rings is 2. The smallest absolute Gasteiger partial charge is 0.160 e. The number of aromatic nitrogens is 6. The number of benzene rings is 1. The first-order valence-corrected chi connectivity index (χ1v) is 9.00. The summed E-state index contributed by atoms with van der Waals surface area (Å²) in [7, 11) is 0. The first kappa shape index (κ1) is 15.7. The van der Waals surface area contributed by atoms with Crippen LogP contribution >= 0.6 is 0 Å². The van der Waals surface area contributed by atoms with Gasteiger partial charge in [-0.05, 0) is 30.5 Å². The van der Waals surface area contributed by atoms with Crippen LogP contribution in [0.5, 0.6) is 0 Å². The van der Waals surface area contributed by atoms with Gasteiger partial charge >= 0.3 is 0 Å². The van der Waals surface area contributed by atoms with E-state index in [0.717, 1.165) is 45.8 Å². The van der Waals surface area contributed by atoms with Crippen LogP contribution in [0.2, 0.25) is 0 Å². The molecule has 5 rings (SSSR count). The molecule has 0 unspecified atom stereocenters. The highest BCUT2D eigenvalue weighted by Gasteiger charge is 2.15. The molecule has 0 amide bonds. The van der Waals surface area contributed by atoms with Crippen molar-refractivity contribution in [1.29, 1.82) is 0 Å². The van der Waals surface area contributed by atoms with E-state index in [1.54, 1.807) is 0 Å². The lowest BCUT2D eigenvalue weighted by Crippen LogP contribution is -2.09. The molecule has 0 aliphatic rings. The molecule has 0 saturated carbocycles. The summed E-state index contributed by atoms with van der Waals surface area (Å²) in [4.78, 5) is 18.5. The van der Waals surface area contributed by atoms with Gasteiger partial charge in [0.25, 0.3) is 0 Å². The Balaban J connectivity index is 1.62. The highest BCUT2D eigenvalue weighted by molar-refractivity contribution is 5.92. The maximum atomic E-state index is 4.79. The van der Waals surface area contributed by atoms with Gasteiger partial charge in [-0.2, -0.15) is 0 Å². The molecule has 0 atom stereocenters. The quantitative estimate of drug-likeness (QED) is 0.491. The second-order valence-electron chi connectivity index (χ2n) is 6.38. The monoisotopic (exact) mass is 354 g/mol. The molecule has 1 aromatic carbocycles. The summed E-state index contributed by atoms with van der Waals surface area (Å²) in [6.45, 7) is 3.55. The Morgan fingerprint density at radius 1 is 0.889 bits per heavy atom. The third kappa shape index (κ3) is 2.57. The number of hydrogen-bond donors (Lipinski definition) is 0. The zero-order chi connectivity index (χ0) is 18.2. The van der Waals surface area contributed by atoms with Crippen molar-refractivity contribution >= 4 is 21.9 Å². The van der Waals surface area contributed by atoms with Crippen LogP contribution in [0.4, 0.5) is 0 Å². The fraction of sp³-hybridized carbons (Fsp3) is 0.143. The van der Waals surface area contributed by atoms with Crippen molar-refractivity contribution in [3.8, 4) is 11.5 Å². The van der Waals surface area contributed by atoms with E-state index in [9.17, 15) is 0 Å². The van der Waals surface area contributed by atoms with Gasteiger partial charge < -0.3 is 9.13 Å². The predicted molar refractivity (Wildman–Crippen MR) is 105 cm³/mol. The number of aryl methyl sites for hydroxylation is 1. The second kappa shape index (κ2) is 6.32. The largest absolute Gasteiger partial charge is 0.322 e. The fourth-order valence-corrected chi connectivity index (χ4v) is 3.56. The molecule has 0 spiro atoms. The van der Waals surface area contributed by atoms with Crippen LogP contribution in [0.15, 0.2) is 67.3 Å². The number of imidazole rings is 2. The standard InChI is InChI=1S/C21H18N6/c1-2-27-18(25-17-8-5-10-23-20(17)27)14-26-13-12-24-21(26)19-16-7-4-3-6-15(16)9-11-22-19/h3-13H,2,14H2,1H3. The summed E-state index contributed by atoms with van der Waals surface area (Å²) in [5.74, 6) is 1.81. The normalized spacial score (nSPS) is 11.4. The van der Waals surface area contributed by atoms with E-state index >= 15 is 0 Å². The van der Waals surface area contributed by atoms with Crippen molar-refractivity contribution < 1.29 is 0 Å². The van der Waals surface area contributed by atoms with Crippen molar-refractivity contribution in [2.75, 3.05) is 0 Å². The molecule has 0 N–H and O–H groups in total. The molecule has 6 heteroatoms. The molecule has 4 heterocycles. The molecule has 0 radical (unpaired) electrons. The zero-order valence-electron chi connectivity index (χ0n) is 14.9. The Labute approximate surface area is 156 Å². The van der Waals surface area contributed by atoms with Gasteiger partial charge in [-0.15, -0.1) is 0 Å². The summed E-state index contributed by atoms with van der Waals surface area (Å²) in [5.41, 5.74) is 2.72. The van der Waals surface area contributed by atoms with Crippen LogP contribution in [0.3, 0.4) is 0 Å². The molecule has 4 aromatic heterocycles. The molecule has 0 aliphatic carbocycles. The average molecular weight is 354 g/mol. The van der Waals surface area contributed by atoms with Crippen LogP contribution in [-0.2, 0) is 13.1 Å². The fourth-order valence-electron chi connectivity index (χ4n) is 3.56. The minimum atomic E-state index is 0.616. The number of rotatable bonds is 4. The molecule has 0 bridgehead atoms. The lowest BCUT2D eigenvalue weighted by molar-refractivity contribution is 0.663. The SMILES string of the molecule is CCn1c(Cn2ccnc2-c2nccc3ccccc23)nc2cccnc21. The lowest BCUT2D eigenvalue weighted by atomic mass is 10.1. The third-order valence-corrected chi connectivity index (χ3v) is 4.81. The Bertz CT molecular complexity index is 1240. The molecule has 0 aliphatic heterocycles. The topological polar surface area (TPSA) is 61.4 Å². The van der Waals surface area contributed by atoms with Crippen LogP contribution in [-0.4, -0.2) is 29.1 Å². The minimum Gasteiger partial charge on any atom is -0.322 e. The molecular weight excluding hydrogens is 336 g/mol. The predicted octanol–water partition coefficient (Wildman–Crippen LogP) is 3.91. The van der Waals surface area contributed by atoms with E-state index in [1.165, 1.54) is 0 Å². The van der Waals surface area contributed by atoms with Crippen LogP contribution in [0.1, 0.15) is 12.7 Å². The van der Waals surface area contributed by atoms with Gasteiger partial charge in [-0.1, -0.05) is 24.3 Å². The third-order valence-electron chi connectivity index (χ3n) is 4.81. The summed E-state index contributed by atoms with van der Waals surface area (Å²) >= 11 is 0. The van der Waals surface area contributed by atoms with Gasteiger partial charge in [0.1, 0.15) is 17.0 Å². The van der Waals surface area contributed by atoms with E-state index in [-0.39, 0.29) is 0 Å². The number of nitrogens with zero attached hydrogens (tertiary/aromatic N) is 6. The Morgan fingerprint density at radius 2 is 1.81 bits per heavy atom. The number of fused-ring (bicyclic) bond motifs is 2. The molecule has 132 valence electrons. The molecule has 5 aromatic rings. The van der Waals surface area contributed by atoms with Crippen molar-refractivity contribution in [3.05, 3.63) is 73.1 Å². The Kier molecular flexibility index (Phi) is 3.67. The van der Waals surface area contributed by atoms with Crippen molar-refractivity contribution in [2.24, 2.45) is 0 Å². The first-order valence-electron chi connectivity index (χ1n) is 9.00. The Morgan fingerprint density at radius 3 is 2.74 bits per heavy atom. The maximum Gasteiger partial charge on any atom is 0.160 e. The van der Waals surface area contributed by atoms with Gasteiger partial charge in [0.2, 0.25) is 0 Å². The van der Waals surface area contributed by atoms with Gasteiger partial charge in [-0.25, -0.2) is 15.0 Å². The van der Waals surface area contributed by atoms with Crippen LogP contribution in [0.25, 0.3) is 33.5 Å². The van der Waals surface area contributed by atoms with E-state index in [1.807, 2.05) is 55.1 Å². The highest BCUT2D eigenvalue weighted by atomic mass is 15.2. The molecule has 27 heavy (non-hydrogen) atoms. The van der Waals surface area contributed by atoms with E-state index < -0.39 is 0 Å². The summed E-state index contributed by atoms with van der Waals surface area (Å²) in [6.07, 6.45) is 7.44. The summed E-state index contributed by atoms with van der Waals surface area (Å²) < 4.78 is 4.25. The van der Waals surface area contributed by atoms with Crippen LogP contribution < -0.4 is 0 Å². The zero-order valence-corrected chi connectivity index (χ0v) is 14.9. The lowest BCUT2D eigenvalue weighted by Gasteiger charge is -2.10. The first-order chi connectivity index (χ1) is 13.3. The summed E-state index contributed by atoms with van der Waals surface area (Å²) in [6, 6.07) is 14.2. The molecular formula is C21H18N6. The number of hydrogen-bond acceptors (Lipinski definition) is 4. The molecule has 6 nitrogen and oxygen atoms in total. The summed E-state index contributed by atoms with van der Waals surface area (Å²) in [5, 5.41) is 2.25. The maximum absolute atomic E-state index is 4.79. The van der Waals surface area contributed by atoms with Crippen molar-refractivity contribution in [2.45, 2.75) is 20.0 Å².